The highest BCUT2D eigenvalue weighted by atomic mass is 35.5. The van der Waals surface area contributed by atoms with Crippen molar-refractivity contribution in [1.29, 1.82) is 0 Å². The van der Waals surface area contributed by atoms with Crippen LogP contribution in [0.15, 0.2) is 43.0 Å². The monoisotopic (exact) mass is 317 g/mol. The Morgan fingerprint density at radius 3 is 2.71 bits per heavy atom. The van der Waals surface area contributed by atoms with E-state index >= 15 is 0 Å². The van der Waals surface area contributed by atoms with Gasteiger partial charge >= 0.3 is 0 Å². The summed E-state index contributed by atoms with van der Waals surface area (Å²) in [4.78, 5) is 4.35. The van der Waals surface area contributed by atoms with Crippen LogP contribution in [0, 0.1) is 5.41 Å². The first kappa shape index (κ1) is 14.6. The number of pyridine rings is 1. The van der Waals surface area contributed by atoms with Gasteiger partial charge in [-0.3, -0.25) is 0 Å². The van der Waals surface area contributed by atoms with Crippen LogP contribution in [0.2, 0.25) is 10.2 Å². The summed E-state index contributed by atoms with van der Waals surface area (Å²) < 4.78 is 0. The summed E-state index contributed by atoms with van der Waals surface area (Å²) >= 11 is 12.1. The molecule has 3 rings (SSSR count). The summed E-state index contributed by atoms with van der Waals surface area (Å²) in [6.07, 6.45) is 2.99. The standard InChI is InChI=1S/C18H17Cl2N/c1-12(16-4-3-5-17(20)21-16)9-18(2)10-13-6-7-15(19)8-14(13)11-18/h3-8H,1,9-11H2,2H3. The van der Waals surface area contributed by atoms with E-state index in [1.54, 1.807) is 6.07 Å². The molecule has 3 heteroatoms. The minimum Gasteiger partial charge on any atom is -0.236 e. The fourth-order valence-electron chi connectivity index (χ4n) is 3.25. The van der Waals surface area contributed by atoms with Gasteiger partial charge in [0.05, 0.1) is 5.69 Å². The second-order valence-corrected chi connectivity index (χ2v) is 7.03. The van der Waals surface area contributed by atoms with Gasteiger partial charge in [0.2, 0.25) is 0 Å². The maximum atomic E-state index is 6.09. The third-order valence-corrected chi connectivity index (χ3v) is 4.57. The fourth-order valence-corrected chi connectivity index (χ4v) is 3.61. The molecule has 0 saturated heterocycles. The highest BCUT2D eigenvalue weighted by molar-refractivity contribution is 6.30. The molecule has 108 valence electrons. The molecule has 1 aliphatic rings. The van der Waals surface area contributed by atoms with Crippen LogP contribution in [0.5, 0.6) is 0 Å². The van der Waals surface area contributed by atoms with Crippen LogP contribution in [0.4, 0.5) is 0 Å². The Kier molecular flexibility index (Phi) is 3.81. The molecule has 0 N–H and O–H groups in total. The van der Waals surface area contributed by atoms with Crippen LogP contribution in [0.1, 0.15) is 30.2 Å². The van der Waals surface area contributed by atoms with E-state index in [2.05, 4.69) is 30.6 Å². The molecule has 0 aliphatic heterocycles. The third-order valence-electron chi connectivity index (χ3n) is 4.12. The Hall–Kier alpha value is -1.31. The molecule has 1 unspecified atom stereocenters. The van der Waals surface area contributed by atoms with Crippen LogP contribution < -0.4 is 0 Å². The summed E-state index contributed by atoms with van der Waals surface area (Å²) in [5.41, 5.74) is 4.86. The topological polar surface area (TPSA) is 12.9 Å². The number of hydrogen-bond donors (Lipinski definition) is 0. The number of benzene rings is 1. The van der Waals surface area contributed by atoms with Gasteiger partial charge in [-0.2, -0.15) is 0 Å². The lowest BCUT2D eigenvalue weighted by atomic mass is 9.80. The molecule has 1 aliphatic carbocycles. The molecule has 1 nitrogen and oxygen atoms in total. The van der Waals surface area contributed by atoms with Gasteiger partial charge in [0, 0.05) is 5.02 Å². The summed E-state index contributed by atoms with van der Waals surface area (Å²) in [6, 6.07) is 11.9. The van der Waals surface area contributed by atoms with Gasteiger partial charge in [0.15, 0.2) is 0 Å². The average molecular weight is 318 g/mol. The summed E-state index contributed by atoms with van der Waals surface area (Å²) in [7, 11) is 0. The van der Waals surface area contributed by atoms with Gasteiger partial charge in [-0.15, -0.1) is 0 Å². The van der Waals surface area contributed by atoms with E-state index in [-0.39, 0.29) is 5.41 Å². The molecule has 1 aromatic carbocycles. The van der Waals surface area contributed by atoms with E-state index in [0.717, 1.165) is 35.6 Å². The summed E-state index contributed by atoms with van der Waals surface area (Å²) in [5.74, 6) is 0. The lowest BCUT2D eigenvalue weighted by Crippen LogP contribution is -2.17. The van der Waals surface area contributed by atoms with Crippen molar-refractivity contribution in [3.8, 4) is 0 Å². The SMILES string of the molecule is C=C(CC1(C)Cc2ccc(Cl)cc2C1)c1cccc(Cl)n1. The minimum atomic E-state index is 0.175. The van der Waals surface area contributed by atoms with Crippen molar-refractivity contribution in [2.45, 2.75) is 26.2 Å². The maximum absolute atomic E-state index is 6.09. The molecule has 1 aromatic heterocycles. The van der Waals surface area contributed by atoms with Gasteiger partial charge in [-0.1, -0.05) is 48.8 Å². The van der Waals surface area contributed by atoms with E-state index < -0.39 is 0 Å². The van der Waals surface area contributed by atoms with Crippen LogP contribution in [-0.2, 0) is 12.8 Å². The second kappa shape index (κ2) is 5.47. The number of hydrogen-bond acceptors (Lipinski definition) is 1. The summed E-state index contributed by atoms with van der Waals surface area (Å²) in [6.45, 7) is 6.51. The van der Waals surface area contributed by atoms with Crippen molar-refractivity contribution in [3.63, 3.8) is 0 Å². The lowest BCUT2D eigenvalue weighted by Gasteiger charge is -2.24. The molecule has 2 aromatic rings. The quantitative estimate of drug-likeness (QED) is 0.672. The van der Waals surface area contributed by atoms with Crippen molar-refractivity contribution < 1.29 is 0 Å². The third kappa shape index (κ3) is 3.14. The smallest absolute Gasteiger partial charge is 0.129 e. The van der Waals surface area contributed by atoms with E-state index in [0.29, 0.717) is 5.15 Å². The fraction of sp³-hybridized carbons (Fsp3) is 0.278. The second-order valence-electron chi connectivity index (χ2n) is 6.20. The molecular formula is C18H17Cl2N. The van der Waals surface area contributed by atoms with Gasteiger partial charge < -0.3 is 0 Å². The van der Waals surface area contributed by atoms with E-state index in [9.17, 15) is 0 Å². The zero-order valence-electron chi connectivity index (χ0n) is 12.0. The Morgan fingerprint density at radius 1 is 1.19 bits per heavy atom. The Labute approximate surface area is 135 Å². The van der Waals surface area contributed by atoms with E-state index in [1.165, 1.54) is 11.1 Å². The van der Waals surface area contributed by atoms with Crippen LogP contribution >= 0.6 is 23.2 Å². The Morgan fingerprint density at radius 2 is 1.95 bits per heavy atom. The van der Waals surface area contributed by atoms with Crippen molar-refractivity contribution in [3.05, 3.63) is 70.0 Å². The number of allylic oxidation sites excluding steroid dienone is 1. The number of fused-ring (bicyclic) bond motifs is 1. The van der Waals surface area contributed by atoms with Crippen molar-refractivity contribution in [2.75, 3.05) is 0 Å². The van der Waals surface area contributed by atoms with Crippen molar-refractivity contribution in [2.24, 2.45) is 5.41 Å². The number of halogens is 2. The molecule has 0 bridgehead atoms. The van der Waals surface area contributed by atoms with Gasteiger partial charge in [-0.25, -0.2) is 4.98 Å². The highest BCUT2D eigenvalue weighted by Crippen LogP contribution is 2.43. The largest absolute Gasteiger partial charge is 0.236 e. The molecule has 0 saturated carbocycles. The van der Waals surface area contributed by atoms with E-state index in [1.807, 2.05) is 18.2 Å². The van der Waals surface area contributed by atoms with Crippen molar-refractivity contribution >= 4 is 28.8 Å². The van der Waals surface area contributed by atoms with Crippen LogP contribution in [-0.4, -0.2) is 4.98 Å². The molecule has 0 radical (unpaired) electrons. The first-order valence-electron chi connectivity index (χ1n) is 7.03. The van der Waals surface area contributed by atoms with Crippen molar-refractivity contribution in [1.82, 2.24) is 4.98 Å². The molecule has 0 fully saturated rings. The summed E-state index contributed by atoms with van der Waals surface area (Å²) in [5, 5.41) is 1.33. The first-order chi connectivity index (χ1) is 9.95. The molecule has 21 heavy (non-hydrogen) atoms. The number of aromatic nitrogens is 1. The number of rotatable bonds is 3. The Balaban J connectivity index is 1.78. The minimum absolute atomic E-state index is 0.175. The van der Waals surface area contributed by atoms with Gasteiger partial charge in [0.25, 0.3) is 0 Å². The molecule has 0 spiro atoms. The predicted octanol–water partition coefficient (Wildman–Crippen LogP) is 5.60. The lowest BCUT2D eigenvalue weighted by molar-refractivity contribution is 0.357. The predicted molar refractivity (Wildman–Crippen MR) is 89.9 cm³/mol. The zero-order valence-corrected chi connectivity index (χ0v) is 13.5. The van der Waals surface area contributed by atoms with Gasteiger partial charge in [-0.05, 0) is 65.6 Å². The normalized spacial score (nSPS) is 20.3. The highest BCUT2D eigenvalue weighted by Gasteiger charge is 2.33. The average Bonchev–Trinajstić information content (AvgIpc) is 2.73. The Bertz CT molecular complexity index is 708. The first-order valence-corrected chi connectivity index (χ1v) is 7.79. The van der Waals surface area contributed by atoms with E-state index in [4.69, 9.17) is 23.2 Å². The van der Waals surface area contributed by atoms with Gasteiger partial charge in [0.1, 0.15) is 5.15 Å². The molecule has 1 atom stereocenters. The van der Waals surface area contributed by atoms with Crippen LogP contribution in [0.3, 0.4) is 0 Å². The molecular weight excluding hydrogens is 301 g/mol. The maximum Gasteiger partial charge on any atom is 0.129 e. The molecule has 0 amide bonds. The van der Waals surface area contributed by atoms with Crippen LogP contribution in [0.25, 0.3) is 5.57 Å². The number of nitrogens with zero attached hydrogens (tertiary/aromatic N) is 1. The molecule has 1 heterocycles. The zero-order chi connectivity index (χ0) is 15.0.